The maximum Gasteiger partial charge on any atom is 0.0898 e. The molecule has 0 aliphatic heterocycles. The Balaban J connectivity index is 2.05. The van der Waals surface area contributed by atoms with Crippen molar-refractivity contribution in [3.63, 3.8) is 0 Å². The molecule has 0 aromatic heterocycles. The molecule has 0 aliphatic rings. The molecule has 0 heterocycles. The van der Waals surface area contributed by atoms with Crippen LogP contribution in [0.25, 0.3) is 0 Å². The third-order valence-electron chi connectivity index (χ3n) is 2.54. The monoisotopic (exact) mass is 376 g/mol. The van der Waals surface area contributed by atoms with Crippen molar-refractivity contribution in [2.75, 3.05) is 5.75 Å². The maximum absolute atomic E-state index is 10.2. The van der Waals surface area contributed by atoms with Crippen LogP contribution in [0.4, 0.5) is 0 Å². The van der Waals surface area contributed by atoms with Gasteiger partial charge in [0.2, 0.25) is 0 Å². The summed E-state index contributed by atoms with van der Waals surface area (Å²) in [7, 11) is 0. The minimum Gasteiger partial charge on any atom is -0.387 e. The van der Waals surface area contributed by atoms with E-state index in [0.29, 0.717) is 21.4 Å². The number of thioether (sulfide) groups is 1. The lowest BCUT2D eigenvalue weighted by molar-refractivity contribution is 0.204. The van der Waals surface area contributed by atoms with Crippen LogP contribution in [-0.2, 0) is 0 Å². The summed E-state index contributed by atoms with van der Waals surface area (Å²) >= 11 is 17.0. The van der Waals surface area contributed by atoms with Gasteiger partial charge in [0.1, 0.15) is 0 Å². The first-order chi connectivity index (χ1) is 9.08. The highest BCUT2D eigenvalue weighted by Crippen LogP contribution is 2.33. The summed E-state index contributed by atoms with van der Waals surface area (Å²) in [5.74, 6) is 0.524. The van der Waals surface area contributed by atoms with Gasteiger partial charge >= 0.3 is 0 Å². The Kier molecular flexibility index (Phi) is 5.60. The van der Waals surface area contributed by atoms with Gasteiger partial charge in [-0.3, -0.25) is 0 Å². The van der Waals surface area contributed by atoms with Crippen LogP contribution in [0.15, 0.2) is 51.8 Å². The summed E-state index contributed by atoms with van der Waals surface area (Å²) < 4.78 is 1.02. The van der Waals surface area contributed by atoms with Gasteiger partial charge in [-0.1, -0.05) is 57.3 Å². The van der Waals surface area contributed by atoms with Crippen LogP contribution in [0.2, 0.25) is 10.0 Å². The minimum atomic E-state index is -0.643. The molecule has 0 saturated heterocycles. The van der Waals surface area contributed by atoms with E-state index in [2.05, 4.69) is 15.9 Å². The zero-order valence-corrected chi connectivity index (χ0v) is 13.7. The molecule has 1 N–H and O–H groups in total. The molecule has 19 heavy (non-hydrogen) atoms. The molecule has 2 rings (SSSR count). The van der Waals surface area contributed by atoms with Crippen LogP contribution < -0.4 is 0 Å². The van der Waals surface area contributed by atoms with E-state index in [1.165, 1.54) is 0 Å². The normalized spacial score (nSPS) is 12.4. The Morgan fingerprint density at radius 1 is 1.16 bits per heavy atom. The van der Waals surface area contributed by atoms with Crippen molar-refractivity contribution in [2.24, 2.45) is 0 Å². The number of aliphatic hydroxyl groups is 1. The van der Waals surface area contributed by atoms with Crippen molar-refractivity contribution >= 4 is 50.9 Å². The van der Waals surface area contributed by atoms with E-state index in [4.69, 9.17) is 23.2 Å². The SMILES string of the molecule is OC(CSc1cccc(Br)c1)c1cccc(Cl)c1Cl. The molecule has 0 saturated carbocycles. The molecular formula is C14H11BrCl2OS. The molecule has 0 bridgehead atoms. The Morgan fingerprint density at radius 3 is 2.63 bits per heavy atom. The van der Waals surface area contributed by atoms with Crippen LogP contribution in [0.3, 0.4) is 0 Å². The standard InChI is InChI=1S/C14H11BrCl2OS/c15-9-3-1-4-10(7-9)19-8-13(18)11-5-2-6-12(16)14(11)17/h1-7,13,18H,8H2. The van der Waals surface area contributed by atoms with Crippen LogP contribution in [0, 0.1) is 0 Å². The average molecular weight is 378 g/mol. The fourth-order valence-electron chi connectivity index (χ4n) is 1.60. The predicted octanol–water partition coefficient (Wildman–Crippen LogP) is 5.58. The highest BCUT2D eigenvalue weighted by Gasteiger charge is 2.13. The molecular weight excluding hydrogens is 367 g/mol. The van der Waals surface area contributed by atoms with Crippen LogP contribution in [0.1, 0.15) is 11.7 Å². The van der Waals surface area contributed by atoms with E-state index in [-0.39, 0.29) is 0 Å². The zero-order valence-electron chi connectivity index (χ0n) is 9.82. The second-order valence-corrected chi connectivity index (χ2v) is 6.72. The summed E-state index contributed by atoms with van der Waals surface area (Å²) in [6.07, 6.45) is -0.643. The van der Waals surface area contributed by atoms with E-state index < -0.39 is 6.10 Å². The maximum atomic E-state index is 10.2. The molecule has 2 aromatic carbocycles. The third kappa shape index (κ3) is 4.14. The fourth-order valence-corrected chi connectivity index (χ4v) is 3.50. The first kappa shape index (κ1) is 15.2. The van der Waals surface area contributed by atoms with Gasteiger partial charge in [0.05, 0.1) is 16.1 Å². The van der Waals surface area contributed by atoms with Gasteiger partial charge in [0.15, 0.2) is 0 Å². The molecule has 1 atom stereocenters. The molecule has 0 amide bonds. The summed E-state index contributed by atoms with van der Waals surface area (Å²) in [6, 6.07) is 13.2. The Morgan fingerprint density at radius 2 is 1.89 bits per heavy atom. The van der Waals surface area contributed by atoms with Gasteiger partial charge in [0.25, 0.3) is 0 Å². The summed E-state index contributed by atoms with van der Waals surface area (Å²) in [5, 5.41) is 11.1. The van der Waals surface area contributed by atoms with E-state index >= 15 is 0 Å². The smallest absolute Gasteiger partial charge is 0.0898 e. The van der Waals surface area contributed by atoms with Gasteiger partial charge in [-0.05, 0) is 24.3 Å². The molecule has 1 unspecified atom stereocenters. The van der Waals surface area contributed by atoms with Gasteiger partial charge in [0, 0.05) is 20.7 Å². The zero-order chi connectivity index (χ0) is 13.8. The summed E-state index contributed by atoms with van der Waals surface area (Å²) in [5.41, 5.74) is 0.664. The quantitative estimate of drug-likeness (QED) is 0.701. The van der Waals surface area contributed by atoms with Crippen molar-refractivity contribution < 1.29 is 5.11 Å². The summed E-state index contributed by atoms with van der Waals surface area (Å²) in [6.45, 7) is 0. The lowest BCUT2D eigenvalue weighted by Crippen LogP contribution is -2.01. The first-order valence-electron chi connectivity index (χ1n) is 5.58. The second kappa shape index (κ2) is 7.00. The average Bonchev–Trinajstić information content (AvgIpc) is 2.39. The molecule has 2 aromatic rings. The Labute approximate surface area is 135 Å². The van der Waals surface area contributed by atoms with Crippen molar-refractivity contribution in [3.05, 3.63) is 62.5 Å². The van der Waals surface area contributed by atoms with Gasteiger partial charge in [-0.15, -0.1) is 11.8 Å². The van der Waals surface area contributed by atoms with Crippen molar-refractivity contribution in [2.45, 2.75) is 11.0 Å². The van der Waals surface area contributed by atoms with E-state index in [0.717, 1.165) is 9.37 Å². The van der Waals surface area contributed by atoms with Gasteiger partial charge < -0.3 is 5.11 Å². The highest BCUT2D eigenvalue weighted by atomic mass is 79.9. The molecule has 5 heteroatoms. The number of benzene rings is 2. The largest absolute Gasteiger partial charge is 0.387 e. The molecule has 1 nitrogen and oxygen atoms in total. The molecule has 0 radical (unpaired) electrons. The number of rotatable bonds is 4. The van der Waals surface area contributed by atoms with Crippen LogP contribution in [0.5, 0.6) is 0 Å². The van der Waals surface area contributed by atoms with Gasteiger partial charge in [-0.2, -0.15) is 0 Å². The van der Waals surface area contributed by atoms with Crippen LogP contribution >= 0.6 is 50.9 Å². The van der Waals surface area contributed by atoms with E-state index in [1.54, 1.807) is 30.0 Å². The lowest BCUT2D eigenvalue weighted by Gasteiger charge is -2.13. The molecule has 100 valence electrons. The topological polar surface area (TPSA) is 20.2 Å². The minimum absolute atomic E-state index is 0.423. The Hall–Kier alpha value is -0.190. The first-order valence-corrected chi connectivity index (χ1v) is 8.11. The number of aliphatic hydroxyl groups excluding tert-OH is 1. The predicted molar refractivity (Wildman–Crippen MR) is 86.3 cm³/mol. The fraction of sp³-hybridized carbons (Fsp3) is 0.143. The number of halogens is 3. The number of hydrogen-bond donors (Lipinski definition) is 1. The number of hydrogen-bond acceptors (Lipinski definition) is 2. The third-order valence-corrected chi connectivity index (χ3v) is 4.94. The van der Waals surface area contributed by atoms with Crippen molar-refractivity contribution in [3.8, 4) is 0 Å². The van der Waals surface area contributed by atoms with Gasteiger partial charge in [-0.25, -0.2) is 0 Å². The lowest BCUT2D eigenvalue weighted by atomic mass is 10.1. The van der Waals surface area contributed by atoms with Crippen LogP contribution in [-0.4, -0.2) is 10.9 Å². The summed E-state index contributed by atoms with van der Waals surface area (Å²) in [4.78, 5) is 1.09. The highest BCUT2D eigenvalue weighted by molar-refractivity contribution is 9.10. The van der Waals surface area contributed by atoms with Crippen molar-refractivity contribution in [1.29, 1.82) is 0 Å². The second-order valence-electron chi connectivity index (χ2n) is 3.93. The molecule has 0 spiro atoms. The molecule has 0 aliphatic carbocycles. The Bertz CT molecular complexity index is 577. The molecule has 0 fully saturated rings. The van der Waals surface area contributed by atoms with E-state index in [1.807, 2.05) is 24.3 Å². The van der Waals surface area contributed by atoms with E-state index in [9.17, 15) is 5.11 Å². The van der Waals surface area contributed by atoms with Crippen molar-refractivity contribution in [1.82, 2.24) is 0 Å².